The van der Waals surface area contributed by atoms with Crippen molar-refractivity contribution >= 4 is 11.7 Å². The summed E-state index contributed by atoms with van der Waals surface area (Å²) in [6.45, 7) is 1.62. The monoisotopic (exact) mass is 265 g/mol. The minimum Gasteiger partial charge on any atom is -0.378 e. The Bertz CT molecular complexity index is 427. The average molecular weight is 265 g/mol. The Morgan fingerprint density at radius 3 is 2.95 bits per heavy atom. The van der Waals surface area contributed by atoms with Gasteiger partial charge in [0.15, 0.2) is 0 Å². The highest BCUT2D eigenvalue weighted by Crippen LogP contribution is 2.21. The molecule has 0 radical (unpaired) electrons. The number of amides is 1. The van der Waals surface area contributed by atoms with Crippen LogP contribution in [-0.2, 0) is 9.47 Å². The predicted molar refractivity (Wildman–Crippen MR) is 71.3 cm³/mol. The van der Waals surface area contributed by atoms with Crippen LogP contribution in [0.3, 0.4) is 0 Å². The zero-order valence-electron chi connectivity index (χ0n) is 11.2. The van der Waals surface area contributed by atoms with Crippen molar-refractivity contribution in [2.75, 3.05) is 39.2 Å². The summed E-state index contributed by atoms with van der Waals surface area (Å²) in [6, 6.07) is 3.50. The van der Waals surface area contributed by atoms with E-state index in [0.29, 0.717) is 25.3 Å². The van der Waals surface area contributed by atoms with Gasteiger partial charge in [-0.2, -0.15) is 0 Å². The molecule has 1 aromatic heterocycles. The number of carbonyl (C=O) groups is 1. The van der Waals surface area contributed by atoms with Crippen LogP contribution in [-0.4, -0.2) is 50.4 Å². The Morgan fingerprint density at radius 2 is 2.42 bits per heavy atom. The number of anilines is 1. The van der Waals surface area contributed by atoms with Crippen LogP contribution in [0.4, 0.5) is 5.82 Å². The number of pyridine rings is 1. The second-order valence-electron chi connectivity index (χ2n) is 4.55. The number of hydrogen-bond acceptors (Lipinski definition) is 5. The van der Waals surface area contributed by atoms with Gasteiger partial charge < -0.3 is 20.1 Å². The molecule has 2 heterocycles. The molecule has 1 aliphatic rings. The van der Waals surface area contributed by atoms with Crippen LogP contribution in [0.2, 0.25) is 0 Å². The van der Waals surface area contributed by atoms with Crippen LogP contribution in [0.5, 0.6) is 0 Å². The molecule has 1 amide bonds. The number of hydrogen-bond donors (Lipinski definition) is 2. The molecule has 6 nitrogen and oxygen atoms in total. The van der Waals surface area contributed by atoms with Crippen molar-refractivity contribution in [1.82, 2.24) is 10.3 Å². The minimum atomic E-state index is -0.395. The van der Waals surface area contributed by atoms with E-state index in [1.165, 1.54) is 0 Å². The molecular weight excluding hydrogens is 246 g/mol. The number of methoxy groups -OCH3 is 1. The highest BCUT2D eigenvalue weighted by molar-refractivity contribution is 5.94. The van der Waals surface area contributed by atoms with Crippen molar-refractivity contribution in [3.63, 3.8) is 0 Å². The molecule has 1 aliphatic heterocycles. The van der Waals surface area contributed by atoms with E-state index >= 15 is 0 Å². The normalized spacial score (nSPS) is 22.2. The summed E-state index contributed by atoms with van der Waals surface area (Å²) in [7, 11) is 3.43. The smallest absolute Gasteiger partial charge is 0.252 e. The Labute approximate surface area is 112 Å². The molecule has 1 unspecified atom stereocenters. The molecule has 0 bridgehead atoms. The molecule has 104 valence electrons. The first-order valence-electron chi connectivity index (χ1n) is 6.24. The Morgan fingerprint density at radius 1 is 1.58 bits per heavy atom. The van der Waals surface area contributed by atoms with Gasteiger partial charge in [-0.15, -0.1) is 0 Å². The molecule has 6 heteroatoms. The van der Waals surface area contributed by atoms with E-state index in [2.05, 4.69) is 15.6 Å². The van der Waals surface area contributed by atoms with E-state index in [9.17, 15) is 4.79 Å². The van der Waals surface area contributed by atoms with Crippen LogP contribution in [0.1, 0.15) is 16.8 Å². The molecule has 1 aromatic rings. The highest BCUT2D eigenvalue weighted by Gasteiger charge is 2.35. The van der Waals surface area contributed by atoms with Gasteiger partial charge in [0.25, 0.3) is 5.91 Å². The SMILES string of the molecule is CNc1ccc(C(=O)NCC2(OC)CCOC2)cn1. The molecule has 1 saturated heterocycles. The van der Waals surface area contributed by atoms with E-state index in [1.54, 1.807) is 32.5 Å². The first-order chi connectivity index (χ1) is 9.19. The summed E-state index contributed by atoms with van der Waals surface area (Å²) >= 11 is 0. The highest BCUT2D eigenvalue weighted by atomic mass is 16.5. The molecule has 1 atom stereocenters. The van der Waals surface area contributed by atoms with Crippen LogP contribution < -0.4 is 10.6 Å². The molecule has 2 N–H and O–H groups in total. The van der Waals surface area contributed by atoms with Crippen LogP contribution in [0.25, 0.3) is 0 Å². The van der Waals surface area contributed by atoms with E-state index in [0.717, 1.165) is 12.2 Å². The molecule has 1 fully saturated rings. The number of ether oxygens (including phenoxy) is 2. The van der Waals surface area contributed by atoms with Crippen LogP contribution in [0.15, 0.2) is 18.3 Å². The summed E-state index contributed by atoms with van der Waals surface area (Å²) in [5.74, 6) is 0.576. The lowest BCUT2D eigenvalue weighted by Crippen LogP contribution is -2.45. The number of nitrogens with one attached hydrogen (secondary N) is 2. The van der Waals surface area contributed by atoms with Crippen molar-refractivity contribution in [3.8, 4) is 0 Å². The maximum atomic E-state index is 12.0. The zero-order valence-corrected chi connectivity index (χ0v) is 11.2. The standard InChI is InChI=1S/C13H19N3O3/c1-14-11-4-3-10(7-15-11)12(17)16-8-13(18-2)5-6-19-9-13/h3-4,7H,5-6,8-9H2,1-2H3,(H,14,15)(H,16,17). The summed E-state index contributed by atoms with van der Waals surface area (Å²) < 4.78 is 10.8. The summed E-state index contributed by atoms with van der Waals surface area (Å²) in [5, 5.41) is 5.77. The van der Waals surface area contributed by atoms with Crippen molar-refractivity contribution in [2.45, 2.75) is 12.0 Å². The molecule has 19 heavy (non-hydrogen) atoms. The Balaban J connectivity index is 1.93. The molecule has 0 aromatic carbocycles. The van der Waals surface area contributed by atoms with Crippen molar-refractivity contribution in [1.29, 1.82) is 0 Å². The van der Waals surface area contributed by atoms with E-state index in [1.807, 2.05) is 0 Å². The Hall–Kier alpha value is -1.66. The van der Waals surface area contributed by atoms with Gasteiger partial charge in [0.1, 0.15) is 11.4 Å². The fourth-order valence-electron chi connectivity index (χ4n) is 1.98. The fraction of sp³-hybridized carbons (Fsp3) is 0.538. The lowest BCUT2D eigenvalue weighted by Gasteiger charge is -2.25. The van der Waals surface area contributed by atoms with Crippen LogP contribution >= 0.6 is 0 Å². The maximum absolute atomic E-state index is 12.0. The van der Waals surface area contributed by atoms with Gasteiger partial charge >= 0.3 is 0 Å². The second-order valence-corrected chi connectivity index (χ2v) is 4.55. The second kappa shape index (κ2) is 5.99. The third kappa shape index (κ3) is 3.21. The lowest BCUT2D eigenvalue weighted by atomic mass is 10.0. The zero-order chi connectivity index (χ0) is 13.7. The maximum Gasteiger partial charge on any atom is 0.252 e. The van der Waals surface area contributed by atoms with Crippen molar-refractivity contribution in [3.05, 3.63) is 23.9 Å². The van der Waals surface area contributed by atoms with Gasteiger partial charge in [-0.25, -0.2) is 4.98 Å². The summed E-state index contributed by atoms with van der Waals surface area (Å²) in [5.41, 5.74) is 0.137. The van der Waals surface area contributed by atoms with E-state index < -0.39 is 5.60 Å². The molecule has 0 saturated carbocycles. The van der Waals surface area contributed by atoms with Gasteiger partial charge in [0.05, 0.1) is 12.2 Å². The number of rotatable bonds is 5. The van der Waals surface area contributed by atoms with Crippen molar-refractivity contribution in [2.24, 2.45) is 0 Å². The molecular formula is C13H19N3O3. The third-order valence-electron chi connectivity index (χ3n) is 3.35. The molecule has 2 rings (SSSR count). The van der Waals surface area contributed by atoms with Crippen molar-refractivity contribution < 1.29 is 14.3 Å². The molecule has 0 aliphatic carbocycles. The third-order valence-corrected chi connectivity index (χ3v) is 3.35. The van der Waals surface area contributed by atoms with Crippen LogP contribution in [0, 0.1) is 0 Å². The quantitative estimate of drug-likeness (QED) is 0.818. The Kier molecular flexibility index (Phi) is 4.34. The van der Waals surface area contributed by atoms with E-state index in [-0.39, 0.29) is 5.91 Å². The van der Waals surface area contributed by atoms with Gasteiger partial charge in [-0.05, 0) is 12.1 Å². The fourth-order valence-corrected chi connectivity index (χ4v) is 1.98. The van der Waals surface area contributed by atoms with E-state index in [4.69, 9.17) is 9.47 Å². The number of carbonyl (C=O) groups excluding carboxylic acids is 1. The van der Waals surface area contributed by atoms with Gasteiger partial charge in [0.2, 0.25) is 0 Å². The van der Waals surface area contributed by atoms with Gasteiger partial charge in [-0.1, -0.05) is 0 Å². The predicted octanol–water partition coefficient (Wildman–Crippen LogP) is 0.659. The lowest BCUT2D eigenvalue weighted by molar-refractivity contribution is -0.0148. The first-order valence-corrected chi connectivity index (χ1v) is 6.24. The topological polar surface area (TPSA) is 72.5 Å². The summed E-state index contributed by atoms with van der Waals surface area (Å²) in [6.07, 6.45) is 2.34. The number of aromatic nitrogens is 1. The molecule has 0 spiro atoms. The summed E-state index contributed by atoms with van der Waals surface area (Å²) in [4.78, 5) is 16.1. The van der Waals surface area contributed by atoms with Gasteiger partial charge in [0, 0.05) is 39.9 Å². The minimum absolute atomic E-state index is 0.154. The first kappa shape index (κ1) is 13.8. The largest absolute Gasteiger partial charge is 0.378 e. The average Bonchev–Trinajstić information content (AvgIpc) is 2.94. The van der Waals surface area contributed by atoms with Gasteiger partial charge in [-0.3, -0.25) is 4.79 Å². The number of nitrogens with zero attached hydrogens (tertiary/aromatic N) is 1.